The molecule has 28 heavy (non-hydrogen) atoms. The van der Waals surface area contributed by atoms with Crippen LogP contribution < -0.4 is 10.2 Å². The fourth-order valence-corrected chi connectivity index (χ4v) is 4.51. The molecule has 1 N–H and O–H groups in total. The predicted molar refractivity (Wildman–Crippen MR) is 111 cm³/mol. The van der Waals surface area contributed by atoms with Gasteiger partial charge < -0.3 is 14.6 Å². The van der Waals surface area contributed by atoms with Gasteiger partial charge in [0, 0.05) is 23.2 Å². The summed E-state index contributed by atoms with van der Waals surface area (Å²) in [6.45, 7) is 2.62. The number of thioether (sulfide) groups is 1. The molecule has 1 aromatic carbocycles. The fourth-order valence-electron chi connectivity index (χ4n) is 2.97. The van der Waals surface area contributed by atoms with Crippen LogP contribution in [0.15, 0.2) is 51.1 Å². The Hall–Kier alpha value is -2.58. The first-order chi connectivity index (χ1) is 13.6. The molecule has 0 saturated heterocycles. The Balaban J connectivity index is 1.31. The topological polar surface area (TPSA) is 75.4 Å². The average Bonchev–Trinajstić information content (AvgIpc) is 3.34. The number of anilines is 1. The van der Waals surface area contributed by atoms with Crippen molar-refractivity contribution in [2.24, 2.45) is 0 Å². The number of nitrogens with zero attached hydrogens (tertiary/aromatic N) is 2. The molecule has 0 unspecified atom stereocenters. The Morgan fingerprint density at radius 3 is 2.96 bits per heavy atom. The molecular formula is C20H19N3O3S2. The number of rotatable bonds is 6. The van der Waals surface area contributed by atoms with Crippen molar-refractivity contribution in [3.63, 3.8) is 0 Å². The standard InChI is InChI=1S/C20H19N3O3S2/c1-13-22-15(11-27-13)17-7-6-14(26-17)10-21-19(24)8-9-23-16-4-2-3-5-18(16)28-12-20(23)25/h2-7,11H,8-10,12H2,1H3,(H,21,24). The molecule has 0 bridgehead atoms. The van der Waals surface area contributed by atoms with Crippen LogP contribution in [0.3, 0.4) is 0 Å². The molecule has 3 aromatic rings. The number of para-hydroxylation sites is 1. The van der Waals surface area contributed by atoms with E-state index in [0.717, 1.165) is 21.3 Å². The van der Waals surface area contributed by atoms with E-state index < -0.39 is 0 Å². The second-order valence-electron chi connectivity index (χ2n) is 6.35. The van der Waals surface area contributed by atoms with Crippen molar-refractivity contribution < 1.29 is 14.0 Å². The molecular weight excluding hydrogens is 394 g/mol. The maximum absolute atomic E-state index is 12.3. The molecule has 6 nitrogen and oxygen atoms in total. The molecule has 0 radical (unpaired) electrons. The molecule has 2 amide bonds. The largest absolute Gasteiger partial charge is 0.458 e. The summed E-state index contributed by atoms with van der Waals surface area (Å²) in [5.41, 5.74) is 1.69. The smallest absolute Gasteiger partial charge is 0.237 e. The Labute approximate surface area is 171 Å². The second kappa shape index (κ2) is 8.20. The molecule has 0 aliphatic carbocycles. The molecule has 1 aliphatic heterocycles. The van der Waals surface area contributed by atoms with Gasteiger partial charge in [0.25, 0.3) is 0 Å². The quantitative estimate of drug-likeness (QED) is 0.664. The summed E-state index contributed by atoms with van der Waals surface area (Å²) in [5.74, 6) is 1.69. The molecule has 8 heteroatoms. The highest BCUT2D eigenvalue weighted by atomic mass is 32.2. The number of hydrogen-bond acceptors (Lipinski definition) is 6. The minimum Gasteiger partial charge on any atom is -0.458 e. The van der Waals surface area contributed by atoms with Gasteiger partial charge in [-0.3, -0.25) is 9.59 Å². The number of amides is 2. The van der Waals surface area contributed by atoms with Gasteiger partial charge in [-0.1, -0.05) is 12.1 Å². The number of benzene rings is 1. The number of thiazole rings is 1. The lowest BCUT2D eigenvalue weighted by Crippen LogP contribution is -2.38. The highest BCUT2D eigenvalue weighted by molar-refractivity contribution is 8.00. The van der Waals surface area contributed by atoms with E-state index in [1.54, 1.807) is 16.2 Å². The van der Waals surface area contributed by atoms with Gasteiger partial charge in [0.2, 0.25) is 11.8 Å². The Bertz CT molecular complexity index is 1010. The molecule has 3 heterocycles. The lowest BCUT2D eigenvalue weighted by Gasteiger charge is -2.28. The normalized spacial score (nSPS) is 13.5. The molecule has 144 valence electrons. The van der Waals surface area contributed by atoms with Gasteiger partial charge in [0.05, 0.1) is 23.0 Å². The molecule has 0 saturated carbocycles. The molecule has 0 spiro atoms. The molecule has 0 fully saturated rings. The van der Waals surface area contributed by atoms with Gasteiger partial charge >= 0.3 is 0 Å². The lowest BCUT2D eigenvalue weighted by atomic mass is 10.2. The summed E-state index contributed by atoms with van der Waals surface area (Å²) in [6.07, 6.45) is 0.240. The summed E-state index contributed by atoms with van der Waals surface area (Å²) in [5, 5.41) is 5.78. The third-order valence-corrected chi connectivity index (χ3v) is 6.18. The maximum atomic E-state index is 12.3. The number of nitrogens with one attached hydrogen (secondary N) is 1. The zero-order chi connectivity index (χ0) is 19.5. The highest BCUT2D eigenvalue weighted by Crippen LogP contribution is 2.34. The van der Waals surface area contributed by atoms with Crippen LogP contribution in [-0.2, 0) is 16.1 Å². The zero-order valence-electron chi connectivity index (χ0n) is 15.3. The number of carbonyl (C=O) groups is 2. The van der Waals surface area contributed by atoms with E-state index in [9.17, 15) is 9.59 Å². The van der Waals surface area contributed by atoms with Crippen LogP contribution in [0.4, 0.5) is 5.69 Å². The van der Waals surface area contributed by atoms with Gasteiger partial charge in [-0.05, 0) is 31.2 Å². The van der Waals surface area contributed by atoms with Crippen LogP contribution in [-0.4, -0.2) is 29.1 Å². The monoisotopic (exact) mass is 413 g/mol. The first kappa shape index (κ1) is 18.8. The third kappa shape index (κ3) is 4.13. The van der Waals surface area contributed by atoms with Gasteiger partial charge in [-0.15, -0.1) is 23.1 Å². The number of aromatic nitrogens is 1. The summed E-state index contributed by atoms with van der Waals surface area (Å²) in [4.78, 5) is 31.7. The third-order valence-electron chi connectivity index (χ3n) is 4.36. The van der Waals surface area contributed by atoms with Crippen molar-refractivity contribution in [3.8, 4) is 11.5 Å². The highest BCUT2D eigenvalue weighted by Gasteiger charge is 2.24. The maximum Gasteiger partial charge on any atom is 0.237 e. The van der Waals surface area contributed by atoms with Crippen LogP contribution in [0, 0.1) is 6.92 Å². The van der Waals surface area contributed by atoms with E-state index in [2.05, 4.69) is 10.3 Å². The number of carbonyl (C=O) groups excluding carboxylic acids is 2. The van der Waals surface area contributed by atoms with Crippen LogP contribution in [0.1, 0.15) is 17.2 Å². The van der Waals surface area contributed by atoms with Crippen molar-refractivity contribution in [2.45, 2.75) is 24.8 Å². The lowest BCUT2D eigenvalue weighted by molar-refractivity contribution is -0.121. The Kier molecular flexibility index (Phi) is 5.50. The van der Waals surface area contributed by atoms with Gasteiger partial charge in [-0.25, -0.2) is 4.98 Å². The van der Waals surface area contributed by atoms with Gasteiger partial charge in [0.1, 0.15) is 11.5 Å². The van der Waals surface area contributed by atoms with Crippen molar-refractivity contribution in [3.05, 3.63) is 52.5 Å². The van der Waals surface area contributed by atoms with Crippen LogP contribution in [0.25, 0.3) is 11.5 Å². The number of hydrogen-bond donors (Lipinski definition) is 1. The van der Waals surface area contributed by atoms with E-state index in [1.807, 2.05) is 48.7 Å². The predicted octanol–water partition coefficient (Wildman–Crippen LogP) is 3.86. The van der Waals surface area contributed by atoms with E-state index in [4.69, 9.17) is 4.42 Å². The SMILES string of the molecule is Cc1nc(-c2ccc(CNC(=O)CCN3C(=O)CSc4ccccc43)o2)cs1. The molecule has 1 aliphatic rings. The first-order valence-electron chi connectivity index (χ1n) is 8.90. The van der Waals surface area contributed by atoms with E-state index >= 15 is 0 Å². The van der Waals surface area contributed by atoms with E-state index in [-0.39, 0.29) is 18.2 Å². The second-order valence-corrected chi connectivity index (χ2v) is 8.43. The molecule has 2 aromatic heterocycles. The van der Waals surface area contributed by atoms with Crippen molar-refractivity contribution in [1.29, 1.82) is 0 Å². The first-order valence-corrected chi connectivity index (χ1v) is 10.8. The van der Waals surface area contributed by atoms with Gasteiger partial charge in [0.15, 0.2) is 5.76 Å². The molecule has 4 rings (SSSR count). The summed E-state index contributed by atoms with van der Waals surface area (Å²) in [7, 11) is 0. The summed E-state index contributed by atoms with van der Waals surface area (Å²) in [6, 6.07) is 11.5. The van der Waals surface area contributed by atoms with Crippen molar-refractivity contribution in [1.82, 2.24) is 10.3 Å². The van der Waals surface area contributed by atoms with Crippen LogP contribution >= 0.6 is 23.1 Å². The number of furan rings is 1. The van der Waals surface area contributed by atoms with Crippen LogP contribution in [0.2, 0.25) is 0 Å². The minimum absolute atomic E-state index is 0.0331. The van der Waals surface area contributed by atoms with E-state index in [0.29, 0.717) is 30.4 Å². The van der Waals surface area contributed by atoms with Crippen LogP contribution in [0.5, 0.6) is 0 Å². The number of fused-ring (bicyclic) bond motifs is 1. The fraction of sp³-hybridized carbons (Fsp3) is 0.250. The average molecular weight is 414 g/mol. The Morgan fingerprint density at radius 2 is 2.14 bits per heavy atom. The van der Waals surface area contributed by atoms with Crippen molar-refractivity contribution in [2.75, 3.05) is 17.2 Å². The number of aryl methyl sites for hydroxylation is 1. The van der Waals surface area contributed by atoms with Gasteiger partial charge in [-0.2, -0.15) is 0 Å². The minimum atomic E-state index is -0.119. The Morgan fingerprint density at radius 1 is 1.29 bits per heavy atom. The zero-order valence-corrected chi connectivity index (χ0v) is 16.9. The molecule has 0 atom stereocenters. The summed E-state index contributed by atoms with van der Waals surface area (Å²) >= 11 is 3.10. The van der Waals surface area contributed by atoms with Crippen molar-refractivity contribution >= 4 is 40.6 Å². The summed E-state index contributed by atoms with van der Waals surface area (Å²) < 4.78 is 5.75. The van der Waals surface area contributed by atoms with E-state index in [1.165, 1.54) is 11.8 Å².